The number of methoxy groups -OCH3 is 2. The van der Waals surface area contributed by atoms with Gasteiger partial charge in [-0.25, -0.2) is 14.6 Å². The number of carboxylic acid groups (broad SMARTS) is 2. The summed E-state index contributed by atoms with van der Waals surface area (Å²) in [5, 5.41) is 14.8. The van der Waals surface area contributed by atoms with Crippen LogP contribution in [0.15, 0.2) is 36.5 Å². The molecule has 174 valence electrons. The molecule has 8 nitrogen and oxygen atoms in total. The second-order valence-corrected chi connectivity index (χ2v) is 7.86. The Balaban J connectivity index is 0.000000534. The van der Waals surface area contributed by atoms with Gasteiger partial charge in [0.05, 0.1) is 14.2 Å². The minimum Gasteiger partial charge on any atom is -0.496 e. The van der Waals surface area contributed by atoms with Crippen molar-refractivity contribution in [3.63, 3.8) is 0 Å². The highest BCUT2D eigenvalue weighted by Gasteiger charge is 2.20. The molecule has 0 aliphatic carbocycles. The summed E-state index contributed by atoms with van der Waals surface area (Å²) in [5.41, 5.74) is 3.83. The number of aromatic nitrogens is 1. The lowest BCUT2D eigenvalue weighted by atomic mass is 9.90. The van der Waals surface area contributed by atoms with Gasteiger partial charge in [0, 0.05) is 18.3 Å². The Hall–Kier alpha value is -3.13. The van der Waals surface area contributed by atoms with Gasteiger partial charge in [-0.2, -0.15) is 0 Å². The summed E-state index contributed by atoms with van der Waals surface area (Å²) in [7, 11) is 3.46. The maximum Gasteiger partial charge on any atom is 0.414 e. The Bertz CT molecular complexity index is 882. The number of pyridine rings is 1. The van der Waals surface area contributed by atoms with Gasteiger partial charge in [0.25, 0.3) is 0 Å². The van der Waals surface area contributed by atoms with Crippen molar-refractivity contribution < 1.29 is 29.3 Å². The Morgan fingerprint density at radius 2 is 1.75 bits per heavy atom. The van der Waals surface area contributed by atoms with E-state index >= 15 is 0 Å². The van der Waals surface area contributed by atoms with Gasteiger partial charge in [0.1, 0.15) is 5.75 Å². The Morgan fingerprint density at radius 3 is 2.34 bits per heavy atom. The van der Waals surface area contributed by atoms with Crippen LogP contribution >= 0.6 is 0 Å². The predicted octanol–water partition coefficient (Wildman–Crippen LogP) is 3.41. The van der Waals surface area contributed by atoms with Crippen LogP contribution in [-0.4, -0.2) is 59.3 Å². The second-order valence-electron chi connectivity index (χ2n) is 7.86. The Morgan fingerprint density at radius 1 is 1.06 bits per heavy atom. The number of likely N-dealkylation sites (tertiary alicyclic amines) is 1. The van der Waals surface area contributed by atoms with E-state index in [2.05, 4.69) is 41.1 Å². The lowest BCUT2D eigenvalue weighted by Crippen LogP contribution is -2.33. The number of carboxylic acids is 2. The highest BCUT2D eigenvalue weighted by Crippen LogP contribution is 2.28. The van der Waals surface area contributed by atoms with Crippen molar-refractivity contribution in [2.75, 3.05) is 27.3 Å². The molecular formula is C24H32N2O6. The van der Waals surface area contributed by atoms with Gasteiger partial charge < -0.3 is 19.7 Å². The molecule has 0 amide bonds. The molecule has 1 aliphatic rings. The maximum absolute atomic E-state index is 9.10. The Labute approximate surface area is 188 Å². The third-order valence-corrected chi connectivity index (χ3v) is 5.59. The number of aryl methyl sites for hydroxylation is 2. The van der Waals surface area contributed by atoms with Crippen molar-refractivity contribution in [1.29, 1.82) is 0 Å². The quantitative estimate of drug-likeness (QED) is 0.626. The van der Waals surface area contributed by atoms with E-state index in [0.717, 1.165) is 43.6 Å². The standard InChI is InChI=1S/C22H30N2O2.C2H2O4/c1-17-6-9-21(25-2)19(15-17)8-7-18-10-13-24(14-11-18)16-20-5-4-12-23-22(20)26-3;3-1(4)2(5)6/h4-6,9,12,15,18H,7-8,10-11,13-14,16H2,1-3H3;(H,3,4)(H,5,6). The average molecular weight is 445 g/mol. The minimum atomic E-state index is -1.82. The van der Waals surface area contributed by atoms with Crippen LogP contribution in [-0.2, 0) is 22.6 Å². The van der Waals surface area contributed by atoms with Crippen molar-refractivity contribution in [2.45, 2.75) is 39.2 Å². The highest BCUT2D eigenvalue weighted by atomic mass is 16.5. The monoisotopic (exact) mass is 444 g/mol. The van der Waals surface area contributed by atoms with Crippen molar-refractivity contribution >= 4 is 11.9 Å². The molecule has 0 bridgehead atoms. The smallest absolute Gasteiger partial charge is 0.414 e. The highest BCUT2D eigenvalue weighted by molar-refractivity contribution is 6.27. The Kier molecular flexibility index (Phi) is 9.94. The molecule has 0 unspecified atom stereocenters. The molecular weight excluding hydrogens is 412 g/mol. The third kappa shape index (κ3) is 7.85. The van der Waals surface area contributed by atoms with Crippen LogP contribution in [0, 0.1) is 12.8 Å². The summed E-state index contributed by atoms with van der Waals surface area (Å²) in [6.07, 6.45) is 6.65. The van der Waals surface area contributed by atoms with E-state index in [9.17, 15) is 0 Å². The normalized spacial score (nSPS) is 14.2. The average Bonchev–Trinajstić information content (AvgIpc) is 2.79. The van der Waals surface area contributed by atoms with Gasteiger partial charge in [-0.15, -0.1) is 0 Å². The number of ether oxygens (including phenoxy) is 2. The number of hydrogen-bond donors (Lipinski definition) is 2. The zero-order valence-electron chi connectivity index (χ0n) is 18.9. The van der Waals surface area contributed by atoms with Crippen LogP contribution in [0.2, 0.25) is 0 Å². The number of piperidine rings is 1. The zero-order valence-corrected chi connectivity index (χ0v) is 18.9. The van der Waals surface area contributed by atoms with E-state index in [1.54, 1.807) is 20.4 Å². The molecule has 0 spiro atoms. The van der Waals surface area contributed by atoms with Crippen LogP contribution in [0.3, 0.4) is 0 Å². The molecule has 32 heavy (non-hydrogen) atoms. The first-order valence-electron chi connectivity index (χ1n) is 10.6. The fourth-order valence-electron chi connectivity index (χ4n) is 3.86. The van der Waals surface area contributed by atoms with Crippen LogP contribution in [0.25, 0.3) is 0 Å². The first-order chi connectivity index (χ1) is 15.3. The molecule has 1 saturated heterocycles. The largest absolute Gasteiger partial charge is 0.496 e. The first-order valence-corrected chi connectivity index (χ1v) is 10.6. The van der Waals surface area contributed by atoms with Crippen LogP contribution in [0.4, 0.5) is 0 Å². The molecule has 3 rings (SSSR count). The molecule has 2 heterocycles. The summed E-state index contributed by atoms with van der Waals surface area (Å²) in [5.74, 6) is -1.07. The molecule has 8 heteroatoms. The summed E-state index contributed by atoms with van der Waals surface area (Å²) in [4.78, 5) is 25.0. The lowest BCUT2D eigenvalue weighted by molar-refractivity contribution is -0.159. The molecule has 2 aromatic rings. The lowest BCUT2D eigenvalue weighted by Gasteiger charge is -2.32. The van der Waals surface area contributed by atoms with Crippen LogP contribution in [0.5, 0.6) is 11.6 Å². The number of aliphatic carboxylic acids is 2. The number of benzene rings is 1. The van der Waals surface area contributed by atoms with Crippen LogP contribution < -0.4 is 9.47 Å². The summed E-state index contributed by atoms with van der Waals surface area (Å²) in [6.45, 7) is 5.37. The summed E-state index contributed by atoms with van der Waals surface area (Å²) in [6, 6.07) is 10.6. The number of nitrogens with zero attached hydrogens (tertiary/aromatic N) is 2. The van der Waals surface area contributed by atoms with Crippen molar-refractivity contribution in [3.05, 3.63) is 53.2 Å². The zero-order chi connectivity index (χ0) is 23.5. The number of hydrogen-bond acceptors (Lipinski definition) is 6. The van der Waals surface area contributed by atoms with Gasteiger partial charge in [0.2, 0.25) is 5.88 Å². The maximum atomic E-state index is 9.10. The van der Waals surface area contributed by atoms with Crippen LogP contribution in [0.1, 0.15) is 36.0 Å². The fraction of sp³-hybridized carbons (Fsp3) is 0.458. The van der Waals surface area contributed by atoms with E-state index in [4.69, 9.17) is 29.3 Å². The van der Waals surface area contributed by atoms with E-state index in [0.29, 0.717) is 0 Å². The van der Waals surface area contributed by atoms with Crippen molar-refractivity contribution in [1.82, 2.24) is 9.88 Å². The molecule has 0 atom stereocenters. The summed E-state index contributed by atoms with van der Waals surface area (Å²) >= 11 is 0. The molecule has 1 aliphatic heterocycles. The van der Waals surface area contributed by atoms with Gasteiger partial charge in [0.15, 0.2) is 0 Å². The van der Waals surface area contributed by atoms with Gasteiger partial charge >= 0.3 is 11.9 Å². The third-order valence-electron chi connectivity index (χ3n) is 5.59. The van der Waals surface area contributed by atoms with E-state index in [1.165, 1.54) is 36.0 Å². The topological polar surface area (TPSA) is 109 Å². The van der Waals surface area contributed by atoms with Crippen molar-refractivity contribution in [3.8, 4) is 11.6 Å². The molecule has 0 saturated carbocycles. The van der Waals surface area contributed by atoms with E-state index in [-0.39, 0.29) is 0 Å². The van der Waals surface area contributed by atoms with Gasteiger partial charge in [-0.05, 0) is 69.3 Å². The number of rotatable bonds is 7. The molecule has 0 radical (unpaired) electrons. The first kappa shape index (κ1) is 25.1. The summed E-state index contributed by atoms with van der Waals surface area (Å²) < 4.78 is 10.9. The van der Waals surface area contributed by atoms with E-state index < -0.39 is 11.9 Å². The molecule has 1 aromatic carbocycles. The molecule has 1 fully saturated rings. The minimum absolute atomic E-state index is 0.751. The fourth-order valence-corrected chi connectivity index (χ4v) is 3.86. The second kappa shape index (κ2) is 12.7. The predicted molar refractivity (Wildman–Crippen MR) is 120 cm³/mol. The number of carbonyl (C=O) groups is 2. The molecule has 1 aromatic heterocycles. The van der Waals surface area contributed by atoms with Gasteiger partial charge in [-0.1, -0.05) is 23.8 Å². The van der Waals surface area contributed by atoms with Crippen molar-refractivity contribution in [2.24, 2.45) is 5.92 Å². The SMILES string of the molecule is COc1ccc(C)cc1CCC1CCN(Cc2cccnc2OC)CC1.O=C(O)C(=O)O. The van der Waals surface area contributed by atoms with Gasteiger partial charge in [-0.3, -0.25) is 4.90 Å². The molecule has 2 N–H and O–H groups in total. The van der Waals surface area contributed by atoms with E-state index in [1.807, 2.05) is 6.07 Å².